The minimum absolute atomic E-state index is 0.113. The van der Waals surface area contributed by atoms with E-state index in [0.717, 1.165) is 23.9 Å². The van der Waals surface area contributed by atoms with Crippen molar-refractivity contribution in [2.24, 2.45) is 5.73 Å². The van der Waals surface area contributed by atoms with Crippen molar-refractivity contribution >= 4 is 27.5 Å². The first-order chi connectivity index (χ1) is 7.10. The van der Waals surface area contributed by atoms with Gasteiger partial charge in [0.2, 0.25) is 5.91 Å². The summed E-state index contributed by atoms with van der Waals surface area (Å²) >= 11 is 3.23. The van der Waals surface area contributed by atoms with Crippen LogP contribution < -0.4 is 11.1 Å². The van der Waals surface area contributed by atoms with Crippen molar-refractivity contribution in [1.29, 1.82) is 0 Å². The van der Waals surface area contributed by atoms with Gasteiger partial charge < -0.3 is 11.1 Å². The van der Waals surface area contributed by atoms with Gasteiger partial charge in [-0.05, 0) is 47.3 Å². The van der Waals surface area contributed by atoms with Crippen LogP contribution in [-0.2, 0) is 4.79 Å². The van der Waals surface area contributed by atoms with Crippen LogP contribution in [0.3, 0.4) is 0 Å². The zero-order chi connectivity index (χ0) is 10.9. The van der Waals surface area contributed by atoms with Crippen molar-refractivity contribution in [3.05, 3.63) is 22.9 Å². The summed E-state index contributed by atoms with van der Waals surface area (Å²) in [5.74, 6) is -0.113. The molecule has 0 radical (unpaired) electrons. The Morgan fingerprint density at radius 3 is 2.73 bits per heavy atom. The number of nitrogens with one attached hydrogen (secondary N) is 1. The summed E-state index contributed by atoms with van der Waals surface area (Å²) in [4.78, 5) is 15.7. The van der Waals surface area contributed by atoms with Crippen molar-refractivity contribution in [2.45, 2.75) is 24.8 Å². The molecule has 1 saturated carbocycles. The van der Waals surface area contributed by atoms with Gasteiger partial charge in [-0.3, -0.25) is 4.79 Å². The first-order valence-corrected chi connectivity index (χ1v) is 5.61. The number of anilines is 1. The number of amides is 1. The second kappa shape index (κ2) is 3.90. The fourth-order valence-corrected chi connectivity index (χ4v) is 1.72. The monoisotopic (exact) mass is 269 g/mol. The highest BCUT2D eigenvalue weighted by Gasteiger charge is 2.40. The number of aromatic nitrogens is 1. The van der Waals surface area contributed by atoms with E-state index in [0.29, 0.717) is 5.69 Å². The molecule has 0 bridgehead atoms. The fourth-order valence-electron chi connectivity index (χ4n) is 1.49. The van der Waals surface area contributed by atoms with Gasteiger partial charge in [0.15, 0.2) is 0 Å². The molecule has 0 spiro atoms. The highest BCUT2D eigenvalue weighted by molar-refractivity contribution is 9.10. The predicted octanol–water partition coefficient (Wildman–Crippen LogP) is 1.66. The normalized spacial score (nSPS) is 18.0. The van der Waals surface area contributed by atoms with E-state index in [1.807, 2.05) is 0 Å². The summed E-state index contributed by atoms with van der Waals surface area (Å²) < 4.78 is 0.742. The Kier molecular flexibility index (Phi) is 2.75. The number of nitrogens with zero attached hydrogens (tertiary/aromatic N) is 1. The number of carbonyl (C=O) groups excluding carboxylic acids is 1. The van der Waals surface area contributed by atoms with Gasteiger partial charge in [0.25, 0.3) is 0 Å². The zero-order valence-corrected chi connectivity index (χ0v) is 9.75. The molecule has 1 heterocycles. The lowest BCUT2D eigenvalue weighted by Crippen LogP contribution is -2.56. The van der Waals surface area contributed by atoms with Crippen LogP contribution in [0.15, 0.2) is 22.9 Å². The molecule has 4 nitrogen and oxygen atoms in total. The van der Waals surface area contributed by atoms with Crippen LogP contribution in [0.2, 0.25) is 0 Å². The van der Waals surface area contributed by atoms with Crippen molar-refractivity contribution in [3.63, 3.8) is 0 Å². The minimum Gasteiger partial charge on any atom is -0.323 e. The molecule has 80 valence electrons. The van der Waals surface area contributed by atoms with E-state index in [1.165, 1.54) is 0 Å². The van der Waals surface area contributed by atoms with Crippen LogP contribution in [-0.4, -0.2) is 16.4 Å². The van der Waals surface area contributed by atoms with Gasteiger partial charge in [0, 0.05) is 0 Å². The third-order valence-electron chi connectivity index (χ3n) is 2.68. The summed E-state index contributed by atoms with van der Waals surface area (Å²) in [6, 6.07) is 3.57. The molecule has 1 aromatic rings. The second-order valence-electron chi connectivity index (χ2n) is 3.83. The Morgan fingerprint density at radius 2 is 2.27 bits per heavy atom. The topological polar surface area (TPSA) is 68.0 Å². The van der Waals surface area contributed by atoms with Crippen LogP contribution in [0.25, 0.3) is 0 Å². The van der Waals surface area contributed by atoms with Crippen molar-refractivity contribution in [1.82, 2.24) is 4.98 Å². The number of halogens is 1. The molecule has 1 aromatic heterocycles. The van der Waals surface area contributed by atoms with E-state index in [1.54, 1.807) is 18.3 Å². The van der Waals surface area contributed by atoms with E-state index in [-0.39, 0.29) is 5.91 Å². The van der Waals surface area contributed by atoms with Gasteiger partial charge in [-0.25, -0.2) is 4.98 Å². The van der Waals surface area contributed by atoms with E-state index in [4.69, 9.17) is 5.73 Å². The Morgan fingerprint density at radius 1 is 1.53 bits per heavy atom. The Bertz CT molecular complexity index is 373. The highest BCUT2D eigenvalue weighted by atomic mass is 79.9. The van der Waals surface area contributed by atoms with Gasteiger partial charge in [0.1, 0.15) is 4.60 Å². The average Bonchev–Trinajstić information content (AvgIpc) is 2.18. The summed E-state index contributed by atoms with van der Waals surface area (Å²) in [6.45, 7) is 0. The number of hydrogen-bond acceptors (Lipinski definition) is 3. The molecule has 2 rings (SSSR count). The molecule has 0 aliphatic heterocycles. The summed E-state index contributed by atoms with van der Waals surface area (Å²) in [7, 11) is 0. The van der Waals surface area contributed by atoms with E-state index in [2.05, 4.69) is 26.2 Å². The van der Waals surface area contributed by atoms with Gasteiger partial charge in [-0.2, -0.15) is 0 Å². The van der Waals surface area contributed by atoms with Crippen LogP contribution in [0.5, 0.6) is 0 Å². The number of hydrogen-bond donors (Lipinski definition) is 2. The number of nitrogens with two attached hydrogens (primary N) is 1. The number of rotatable bonds is 2. The zero-order valence-electron chi connectivity index (χ0n) is 8.16. The molecular weight excluding hydrogens is 258 g/mol. The maximum absolute atomic E-state index is 11.7. The lowest BCUT2D eigenvalue weighted by Gasteiger charge is -2.36. The van der Waals surface area contributed by atoms with Crippen LogP contribution >= 0.6 is 15.9 Å². The fraction of sp³-hybridized carbons (Fsp3) is 0.400. The average molecular weight is 270 g/mol. The van der Waals surface area contributed by atoms with Crippen LogP contribution in [0.1, 0.15) is 19.3 Å². The van der Waals surface area contributed by atoms with Crippen molar-refractivity contribution < 1.29 is 4.79 Å². The molecule has 0 saturated heterocycles. The molecule has 0 atom stereocenters. The smallest absolute Gasteiger partial charge is 0.244 e. The second-order valence-corrected chi connectivity index (χ2v) is 4.65. The van der Waals surface area contributed by atoms with Gasteiger partial charge in [0.05, 0.1) is 17.4 Å². The maximum Gasteiger partial charge on any atom is 0.244 e. The van der Waals surface area contributed by atoms with Gasteiger partial charge in [-0.15, -0.1) is 0 Å². The van der Waals surface area contributed by atoms with Crippen LogP contribution in [0, 0.1) is 0 Å². The first kappa shape index (κ1) is 10.6. The van der Waals surface area contributed by atoms with Crippen molar-refractivity contribution in [2.75, 3.05) is 5.32 Å². The Labute approximate surface area is 96.4 Å². The lowest BCUT2D eigenvalue weighted by molar-refractivity contribution is -0.123. The van der Waals surface area contributed by atoms with E-state index in [9.17, 15) is 4.79 Å². The Hall–Kier alpha value is -0.940. The molecule has 1 aliphatic carbocycles. The quantitative estimate of drug-likeness (QED) is 0.803. The number of carbonyl (C=O) groups is 1. The molecular formula is C10H12BrN3O. The molecule has 1 fully saturated rings. The summed E-state index contributed by atoms with van der Waals surface area (Å²) in [6.07, 6.45) is 4.16. The Balaban J connectivity index is 2.02. The third-order valence-corrected chi connectivity index (χ3v) is 3.15. The molecule has 3 N–H and O–H groups in total. The van der Waals surface area contributed by atoms with E-state index < -0.39 is 5.54 Å². The molecule has 15 heavy (non-hydrogen) atoms. The molecule has 0 unspecified atom stereocenters. The number of pyridine rings is 1. The summed E-state index contributed by atoms with van der Waals surface area (Å²) in [5, 5.41) is 2.76. The molecule has 1 aliphatic rings. The molecule has 0 aromatic carbocycles. The highest BCUT2D eigenvalue weighted by Crippen LogP contribution is 2.30. The largest absolute Gasteiger partial charge is 0.323 e. The van der Waals surface area contributed by atoms with Gasteiger partial charge in [-0.1, -0.05) is 0 Å². The summed E-state index contributed by atoms with van der Waals surface area (Å²) in [5.41, 5.74) is 5.90. The molecule has 5 heteroatoms. The van der Waals surface area contributed by atoms with E-state index >= 15 is 0 Å². The van der Waals surface area contributed by atoms with Crippen LogP contribution in [0.4, 0.5) is 5.69 Å². The lowest BCUT2D eigenvalue weighted by atomic mass is 9.77. The van der Waals surface area contributed by atoms with Crippen molar-refractivity contribution in [3.8, 4) is 0 Å². The maximum atomic E-state index is 11.7. The minimum atomic E-state index is -0.660. The van der Waals surface area contributed by atoms with Gasteiger partial charge >= 0.3 is 0 Å². The first-order valence-electron chi connectivity index (χ1n) is 4.82. The molecule has 1 amide bonds. The SMILES string of the molecule is NC1(C(=O)Nc2ccc(Br)nc2)CCC1. The third kappa shape index (κ3) is 2.18. The standard InChI is InChI=1S/C10H12BrN3O/c11-8-3-2-7(6-13-8)14-9(15)10(12)4-1-5-10/h2-3,6H,1,4-5,12H2,(H,14,15). The predicted molar refractivity (Wildman–Crippen MR) is 61.3 cm³/mol.